The summed E-state index contributed by atoms with van der Waals surface area (Å²) in [6, 6.07) is 16.2. The van der Waals surface area contributed by atoms with Crippen molar-refractivity contribution in [3.05, 3.63) is 96.1 Å². The van der Waals surface area contributed by atoms with Crippen LogP contribution in [0.4, 0.5) is 0 Å². The van der Waals surface area contributed by atoms with Gasteiger partial charge in [0.1, 0.15) is 0 Å². The molecule has 0 fully saturated rings. The first-order chi connectivity index (χ1) is 12.7. The zero-order valence-corrected chi connectivity index (χ0v) is 16.2. The van der Waals surface area contributed by atoms with Gasteiger partial charge >= 0.3 is 8.25 Å². The average molecular weight is 370 g/mol. The van der Waals surface area contributed by atoms with Gasteiger partial charge in [0.25, 0.3) is 0 Å². The minimum Gasteiger partial charge on any atom is -0.306 e. The highest BCUT2D eigenvalue weighted by Crippen LogP contribution is 2.27. The molecule has 0 aliphatic rings. The van der Waals surface area contributed by atoms with Crippen molar-refractivity contribution in [1.29, 1.82) is 0 Å². The summed E-state index contributed by atoms with van der Waals surface area (Å²) in [4.78, 5) is 0. The fourth-order valence-electron chi connectivity index (χ4n) is 2.47. The summed E-state index contributed by atoms with van der Waals surface area (Å²) in [5.74, 6) is 0. The van der Waals surface area contributed by atoms with Gasteiger partial charge in [-0.05, 0) is 47.9 Å². The monoisotopic (exact) mass is 370 g/mol. The Balaban J connectivity index is 1.71. The van der Waals surface area contributed by atoms with Gasteiger partial charge in [0, 0.05) is 0 Å². The Morgan fingerprint density at radius 3 is 1.38 bits per heavy atom. The van der Waals surface area contributed by atoms with Crippen LogP contribution in [0, 0.1) is 0 Å². The first-order valence-corrected chi connectivity index (χ1v) is 10.1. The average Bonchev–Trinajstić information content (AvgIpc) is 2.69. The molecule has 0 radical (unpaired) electrons. The Kier molecular flexibility index (Phi) is 9.13. The van der Waals surface area contributed by atoms with Crippen molar-refractivity contribution in [2.24, 2.45) is 0 Å². The van der Waals surface area contributed by atoms with Crippen molar-refractivity contribution in [3.8, 4) is 0 Å². The van der Waals surface area contributed by atoms with E-state index in [2.05, 4.69) is 37.4 Å². The second-order valence-electron chi connectivity index (χ2n) is 6.12. The van der Waals surface area contributed by atoms with Crippen LogP contribution in [0.25, 0.3) is 0 Å². The Labute approximate surface area is 157 Å². The van der Waals surface area contributed by atoms with Gasteiger partial charge in [-0.15, -0.1) is 13.2 Å². The molecule has 0 aliphatic carbocycles. The molecule has 2 aromatic rings. The van der Waals surface area contributed by atoms with Gasteiger partial charge < -0.3 is 9.05 Å². The number of allylic oxidation sites excluding steroid dienone is 2. The highest BCUT2D eigenvalue weighted by Gasteiger charge is 2.03. The minimum atomic E-state index is -2.51. The SMILES string of the molecule is C=CCCc1ccc(CO[PH](=O)OCc2ccc(CCC=C)cc2)cc1. The summed E-state index contributed by atoms with van der Waals surface area (Å²) in [7, 11) is -2.51. The third-order valence-corrected chi connectivity index (χ3v) is 4.79. The van der Waals surface area contributed by atoms with Crippen molar-refractivity contribution < 1.29 is 13.6 Å². The van der Waals surface area contributed by atoms with Crippen LogP contribution in [0.1, 0.15) is 35.1 Å². The molecule has 2 rings (SSSR count). The molecule has 2 aromatic carbocycles. The summed E-state index contributed by atoms with van der Waals surface area (Å²) in [5.41, 5.74) is 4.49. The van der Waals surface area contributed by atoms with Crippen molar-refractivity contribution in [2.75, 3.05) is 0 Å². The van der Waals surface area contributed by atoms with Gasteiger partial charge in [0.05, 0.1) is 13.2 Å². The lowest BCUT2D eigenvalue weighted by Gasteiger charge is -2.07. The van der Waals surface area contributed by atoms with Gasteiger partial charge in [-0.25, -0.2) is 0 Å². The zero-order chi connectivity index (χ0) is 18.6. The van der Waals surface area contributed by atoms with E-state index in [1.165, 1.54) is 11.1 Å². The van der Waals surface area contributed by atoms with E-state index < -0.39 is 8.25 Å². The molecule has 138 valence electrons. The lowest BCUT2D eigenvalue weighted by atomic mass is 10.1. The fourth-order valence-corrected chi connectivity index (χ4v) is 3.12. The molecule has 0 saturated heterocycles. The second kappa shape index (κ2) is 11.6. The smallest absolute Gasteiger partial charge is 0.306 e. The van der Waals surface area contributed by atoms with Crippen LogP contribution >= 0.6 is 8.25 Å². The largest absolute Gasteiger partial charge is 0.319 e. The van der Waals surface area contributed by atoms with Crippen LogP contribution in [0.5, 0.6) is 0 Å². The van der Waals surface area contributed by atoms with Gasteiger partial charge in [0.15, 0.2) is 0 Å². The maximum atomic E-state index is 11.9. The quantitative estimate of drug-likeness (QED) is 0.337. The summed E-state index contributed by atoms with van der Waals surface area (Å²) in [6.07, 6.45) is 7.72. The topological polar surface area (TPSA) is 35.5 Å². The fraction of sp³-hybridized carbons (Fsp3) is 0.273. The van der Waals surface area contributed by atoms with Gasteiger partial charge in [-0.1, -0.05) is 60.7 Å². The number of aryl methyl sites for hydroxylation is 2. The first kappa shape index (κ1) is 20.4. The number of hydrogen-bond acceptors (Lipinski definition) is 3. The molecule has 0 aromatic heterocycles. The Bertz CT molecular complexity index is 644. The van der Waals surface area contributed by atoms with E-state index in [9.17, 15) is 4.57 Å². The molecule has 4 heteroatoms. The van der Waals surface area contributed by atoms with E-state index in [0.717, 1.165) is 36.8 Å². The predicted molar refractivity (Wildman–Crippen MR) is 108 cm³/mol. The molecule has 3 nitrogen and oxygen atoms in total. The highest BCUT2D eigenvalue weighted by atomic mass is 31.1. The zero-order valence-electron chi connectivity index (χ0n) is 15.2. The first-order valence-electron chi connectivity index (χ1n) is 8.88. The summed E-state index contributed by atoms with van der Waals surface area (Å²) in [6.45, 7) is 8.04. The van der Waals surface area contributed by atoms with E-state index in [4.69, 9.17) is 9.05 Å². The van der Waals surface area contributed by atoms with Crippen molar-refractivity contribution in [2.45, 2.75) is 38.9 Å². The van der Waals surface area contributed by atoms with Crippen molar-refractivity contribution in [1.82, 2.24) is 0 Å². The summed E-state index contributed by atoms with van der Waals surface area (Å²) >= 11 is 0. The molecule has 0 aliphatic heterocycles. The van der Waals surface area contributed by atoms with Crippen LogP contribution in [0.15, 0.2) is 73.8 Å². The molecule has 0 amide bonds. The van der Waals surface area contributed by atoms with Gasteiger partial charge in [0.2, 0.25) is 0 Å². The van der Waals surface area contributed by atoms with E-state index in [-0.39, 0.29) is 0 Å². The van der Waals surface area contributed by atoms with Crippen molar-refractivity contribution in [3.63, 3.8) is 0 Å². The molecule has 0 saturated carbocycles. The van der Waals surface area contributed by atoms with E-state index in [0.29, 0.717) is 13.2 Å². The molecule has 0 bridgehead atoms. The van der Waals surface area contributed by atoms with E-state index in [1.807, 2.05) is 36.4 Å². The van der Waals surface area contributed by atoms with Crippen molar-refractivity contribution >= 4 is 8.25 Å². The highest BCUT2D eigenvalue weighted by molar-refractivity contribution is 7.33. The lowest BCUT2D eigenvalue weighted by molar-refractivity contribution is 0.213. The molecule has 0 spiro atoms. The molecule has 0 unspecified atom stereocenters. The van der Waals surface area contributed by atoms with Crippen LogP contribution in [-0.2, 0) is 39.7 Å². The third kappa shape index (κ3) is 7.53. The third-order valence-electron chi connectivity index (χ3n) is 4.03. The van der Waals surface area contributed by atoms with Crippen LogP contribution in [0.2, 0.25) is 0 Å². The van der Waals surface area contributed by atoms with Gasteiger partial charge in [-0.2, -0.15) is 0 Å². The second-order valence-corrected chi connectivity index (χ2v) is 7.19. The van der Waals surface area contributed by atoms with Gasteiger partial charge in [-0.3, -0.25) is 4.57 Å². The molecule has 0 atom stereocenters. The standard InChI is InChI=1S/C22H27O3P/c1-3-5-7-19-9-13-21(14-10-19)17-24-26(23)25-18-22-15-11-20(12-16-22)8-6-4-2/h3-4,9-16,26H,1-2,5-8,17-18H2. The predicted octanol–water partition coefficient (Wildman–Crippen LogP) is 6.05. The van der Waals surface area contributed by atoms with Crippen LogP contribution in [0.3, 0.4) is 0 Å². The summed E-state index contributed by atoms with van der Waals surface area (Å²) < 4.78 is 22.6. The Morgan fingerprint density at radius 2 is 1.04 bits per heavy atom. The molecular formula is C22H27O3P. The van der Waals surface area contributed by atoms with Crippen LogP contribution < -0.4 is 0 Å². The molecular weight excluding hydrogens is 343 g/mol. The maximum absolute atomic E-state index is 11.9. The molecule has 0 N–H and O–H groups in total. The normalized spacial score (nSPS) is 10.8. The number of hydrogen-bond donors (Lipinski definition) is 0. The Morgan fingerprint density at radius 1 is 0.692 bits per heavy atom. The van der Waals surface area contributed by atoms with E-state index >= 15 is 0 Å². The minimum absolute atomic E-state index is 0.292. The number of benzene rings is 2. The number of rotatable bonds is 12. The van der Waals surface area contributed by atoms with Crippen LogP contribution in [-0.4, -0.2) is 0 Å². The molecule has 26 heavy (non-hydrogen) atoms. The lowest BCUT2D eigenvalue weighted by Crippen LogP contribution is -1.92. The Hall–Kier alpha value is -1.93. The summed E-state index contributed by atoms with van der Waals surface area (Å²) in [5, 5.41) is 0. The molecule has 0 heterocycles. The maximum Gasteiger partial charge on any atom is 0.319 e. The van der Waals surface area contributed by atoms with E-state index in [1.54, 1.807) is 0 Å².